The molecule has 0 fully saturated rings. The monoisotopic (exact) mass is 201 g/mol. The lowest BCUT2D eigenvalue weighted by Crippen LogP contribution is -2.11. The summed E-state index contributed by atoms with van der Waals surface area (Å²) in [5.41, 5.74) is 4.09. The first-order valence-electron chi connectivity index (χ1n) is 4.28. The van der Waals surface area contributed by atoms with Crippen molar-refractivity contribution in [3.05, 3.63) is 34.6 Å². The van der Waals surface area contributed by atoms with E-state index in [0.717, 1.165) is 5.56 Å². The summed E-state index contributed by atoms with van der Waals surface area (Å²) in [6.07, 6.45) is 0. The lowest BCUT2D eigenvalue weighted by molar-refractivity contribution is 0.0866. The standard InChI is InChI=1S/C10H13F2NO/c1-7-3-8(6-13-14-2)4-10(12)9(7)5-11/h3-4,13H,5-6H2,1-2H3. The van der Waals surface area contributed by atoms with Gasteiger partial charge < -0.3 is 4.84 Å². The van der Waals surface area contributed by atoms with Gasteiger partial charge in [-0.05, 0) is 24.1 Å². The molecule has 1 N–H and O–H groups in total. The normalized spacial score (nSPS) is 10.6. The Labute approximate surface area is 81.8 Å². The van der Waals surface area contributed by atoms with E-state index in [1.165, 1.54) is 13.2 Å². The van der Waals surface area contributed by atoms with E-state index >= 15 is 0 Å². The number of hydroxylamine groups is 1. The maximum atomic E-state index is 13.2. The quantitative estimate of drug-likeness (QED) is 0.754. The van der Waals surface area contributed by atoms with E-state index < -0.39 is 12.5 Å². The van der Waals surface area contributed by atoms with Gasteiger partial charge >= 0.3 is 0 Å². The Morgan fingerprint density at radius 1 is 1.43 bits per heavy atom. The Bertz CT molecular complexity index is 292. The minimum Gasteiger partial charge on any atom is -0.305 e. The summed E-state index contributed by atoms with van der Waals surface area (Å²) in [7, 11) is 1.49. The number of aryl methyl sites for hydroxylation is 1. The first-order chi connectivity index (χ1) is 6.69. The smallest absolute Gasteiger partial charge is 0.129 e. The maximum absolute atomic E-state index is 13.2. The molecule has 4 heteroatoms. The van der Waals surface area contributed by atoms with Crippen LogP contribution in [0.3, 0.4) is 0 Å². The number of hydrogen-bond acceptors (Lipinski definition) is 2. The van der Waals surface area contributed by atoms with Crippen LogP contribution >= 0.6 is 0 Å². The van der Waals surface area contributed by atoms with Crippen molar-refractivity contribution in [2.75, 3.05) is 7.11 Å². The highest BCUT2D eigenvalue weighted by Gasteiger charge is 2.07. The van der Waals surface area contributed by atoms with Crippen LogP contribution in [0.5, 0.6) is 0 Å². The van der Waals surface area contributed by atoms with E-state index in [0.29, 0.717) is 12.1 Å². The van der Waals surface area contributed by atoms with Crippen LogP contribution in [-0.4, -0.2) is 7.11 Å². The van der Waals surface area contributed by atoms with Gasteiger partial charge in [-0.25, -0.2) is 8.78 Å². The molecule has 2 nitrogen and oxygen atoms in total. The largest absolute Gasteiger partial charge is 0.305 e. The molecular weight excluding hydrogens is 188 g/mol. The Morgan fingerprint density at radius 2 is 2.14 bits per heavy atom. The number of benzene rings is 1. The van der Waals surface area contributed by atoms with Gasteiger partial charge in [-0.3, -0.25) is 0 Å². The summed E-state index contributed by atoms with van der Waals surface area (Å²) < 4.78 is 25.6. The zero-order valence-corrected chi connectivity index (χ0v) is 8.23. The first-order valence-corrected chi connectivity index (χ1v) is 4.28. The van der Waals surface area contributed by atoms with Crippen LogP contribution in [0.4, 0.5) is 8.78 Å². The summed E-state index contributed by atoms with van der Waals surface area (Å²) in [6.45, 7) is 1.32. The SMILES string of the molecule is CONCc1cc(C)c(CF)c(F)c1. The van der Waals surface area contributed by atoms with Gasteiger partial charge in [0.2, 0.25) is 0 Å². The van der Waals surface area contributed by atoms with Crippen LogP contribution < -0.4 is 5.48 Å². The fourth-order valence-electron chi connectivity index (χ4n) is 1.27. The second-order valence-corrected chi connectivity index (χ2v) is 3.03. The topological polar surface area (TPSA) is 21.3 Å². The molecule has 1 rings (SSSR count). The molecule has 0 aliphatic rings. The van der Waals surface area contributed by atoms with Crippen molar-refractivity contribution in [1.29, 1.82) is 0 Å². The average Bonchev–Trinajstić information content (AvgIpc) is 2.14. The molecule has 0 aliphatic carbocycles. The highest BCUT2D eigenvalue weighted by atomic mass is 19.1. The van der Waals surface area contributed by atoms with Gasteiger partial charge in [0.25, 0.3) is 0 Å². The third kappa shape index (κ3) is 2.49. The minimum atomic E-state index is -0.768. The van der Waals surface area contributed by atoms with E-state index in [4.69, 9.17) is 0 Å². The predicted octanol–water partition coefficient (Wildman–Crippen LogP) is 2.25. The van der Waals surface area contributed by atoms with Gasteiger partial charge in [-0.2, -0.15) is 5.48 Å². The molecule has 0 atom stereocenters. The highest BCUT2D eigenvalue weighted by Crippen LogP contribution is 2.17. The molecule has 1 aromatic rings. The van der Waals surface area contributed by atoms with Crippen molar-refractivity contribution in [1.82, 2.24) is 5.48 Å². The fourth-order valence-corrected chi connectivity index (χ4v) is 1.27. The second kappa shape index (κ2) is 5.02. The van der Waals surface area contributed by atoms with Crippen molar-refractivity contribution in [2.45, 2.75) is 20.1 Å². The molecule has 0 bridgehead atoms. The maximum Gasteiger partial charge on any atom is 0.129 e. The molecule has 0 aliphatic heterocycles. The van der Waals surface area contributed by atoms with Gasteiger partial charge in [0, 0.05) is 12.1 Å². The summed E-state index contributed by atoms with van der Waals surface area (Å²) >= 11 is 0. The average molecular weight is 201 g/mol. The van der Waals surface area contributed by atoms with Crippen LogP contribution in [0.2, 0.25) is 0 Å². The zero-order chi connectivity index (χ0) is 10.6. The first kappa shape index (κ1) is 11.1. The summed E-state index contributed by atoms with van der Waals surface area (Å²) in [5.74, 6) is -0.500. The van der Waals surface area contributed by atoms with Crippen LogP contribution in [0.15, 0.2) is 12.1 Å². The van der Waals surface area contributed by atoms with Crippen LogP contribution in [0.25, 0.3) is 0 Å². The van der Waals surface area contributed by atoms with Gasteiger partial charge in [-0.1, -0.05) is 6.07 Å². The number of rotatable bonds is 4. The van der Waals surface area contributed by atoms with Crippen molar-refractivity contribution < 1.29 is 13.6 Å². The van der Waals surface area contributed by atoms with Crippen molar-refractivity contribution in [2.24, 2.45) is 0 Å². The Morgan fingerprint density at radius 3 is 2.64 bits per heavy atom. The molecule has 0 unspecified atom stereocenters. The highest BCUT2D eigenvalue weighted by molar-refractivity contribution is 5.32. The van der Waals surface area contributed by atoms with Gasteiger partial charge in [0.15, 0.2) is 0 Å². The van der Waals surface area contributed by atoms with Crippen molar-refractivity contribution >= 4 is 0 Å². The molecule has 0 saturated heterocycles. The van der Waals surface area contributed by atoms with Gasteiger partial charge in [-0.15, -0.1) is 0 Å². The second-order valence-electron chi connectivity index (χ2n) is 3.03. The molecule has 1 aromatic carbocycles. The van der Waals surface area contributed by atoms with E-state index in [1.54, 1.807) is 13.0 Å². The number of hydrogen-bond donors (Lipinski definition) is 1. The van der Waals surface area contributed by atoms with Crippen molar-refractivity contribution in [3.63, 3.8) is 0 Å². The molecule has 0 spiro atoms. The van der Waals surface area contributed by atoms with Crippen molar-refractivity contribution in [3.8, 4) is 0 Å². The molecule has 78 valence electrons. The van der Waals surface area contributed by atoms with E-state index in [2.05, 4.69) is 10.3 Å². The van der Waals surface area contributed by atoms with Crippen LogP contribution in [-0.2, 0) is 18.1 Å². The number of nitrogens with one attached hydrogen (secondary N) is 1. The molecular formula is C10H13F2NO. The molecule has 0 aromatic heterocycles. The minimum absolute atomic E-state index is 0.131. The summed E-state index contributed by atoms with van der Waals surface area (Å²) in [5, 5.41) is 0. The van der Waals surface area contributed by atoms with Gasteiger partial charge in [0.05, 0.1) is 7.11 Å². The lowest BCUT2D eigenvalue weighted by atomic mass is 10.1. The summed E-state index contributed by atoms with van der Waals surface area (Å²) in [6, 6.07) is 3.05. The molecule has 0 heterocycles. The molecule has 14 heavy (non-hydrogen) atoms. The third-order valence-corrected chi connectivity index (χ3v) is 2.03. The summed E-state index contributed by atoms with van der Waals surface area (Å²) in [4.78, 5) is 4.64. The van der Waals surface area contributed by atoms with Gasteiger partial charge in [0.1, 0.15) is 12.5 Å². The van der Waals surface area contributed by atoms with Crippen LogP contribution in [0.1, 0.15) is 16.7 Å². The molecule has 0 amide bonds. The Balaban J connectivity index is 2.90. The van der Waals surface area contributed by atoms with E-state index in [9.17, 15) is 8.78 Å². The Hall–Kier alpha value is -1.00. The zero-order valence-electron chi connectivity index (χ0n) is 8.23. The number of halogens is 2. The van der Waals surface area contributed by atoms with E-state index in [-0.39, 0.29) is 5.56 Å². The number of alkyl halides is 1. The molecule has 0 radical (unpaired) electrons. The third-order valence-electron chi connectivity index (χ3n) is 2.03. The fraction of sp³-hybridized carbons (Fsp3) is 0.400. The molecule has 0 saturated carbocycles. The lowest BCUT2D eigenvalue weighted by Gasteiger charge is -2.07. The van der Waals surface area contributed by atoms with E-state index in [1.807, 2.05) is 0 Å². The Kier molecular flexibility index (Phi) is 3.98. The van der Waals surface area contributed by atoms with Crippen LogP contribution in [0, 0.1) is 12.7 Å². The predicted molar refractivity (Wildman–Crippen MR) is 49.8 cm³/mol.